The number of sulfonamides is 1. The summed E-state index contributed by atoms with van der Waals surface area (Å²) in [5.74, 6) is 0.754. The largest absolute Gasteiger partial charge is 0.338 e. The summed E-state index contributed by atoms with van der Waals surface area (Å²) in [6.45, 7) is 7.82. The lowest BCUT2D eigenvalue weighted by molar-refractivity contribution is 0.383. The van der Waals surface area contributed by atoms with Gasteiger partial charge in [-0.2, -0.15) is 15.6 Å². The van der Waals surface area contributed by atoms with Crippen LogP contribution in [0.25, 0.3) is 21.8 Å². The van der Waals surface area contributed by atoms with Crippen molar-refractivity contribution < 1.29 is 8.42 Å². The van der Waals surface area contributed by atoms with Crippen LogP contribution in [-0.2, 0) is 10.0 Å². The minimum atomic E-state index is -3.16. The molecular weight excluding hydrogens is 426 g/mol. The van der Waals surface area contributed by atoms with Crippen molar-refractivity contribution in [2.75, 3.05) is 36.8 Å². The highest BCUT2D eigenvalue weighted by Crippen LogP contribution is 2.35. The van der Waals surface area contributed by atoms with E-state index in [4.69, 9.17) is 9.97 Å². The van der Waals surface area contributed by atoms with Gasteiger partial charge in [-0.3, -0.25) is 0 Å². The zero-order valence-electron chi connectivity index (χ0n) is 16.6. The Morgan fingerprint density at radius 2 is 1.90 bits per heavy atom. The van der Waals surface area contributed by atoms with E-state index >= 15 is 0 Å². The Kier molecular flexibility index (Phi) is 5.69. The van der Waals surface area contributed by atoms with Crippen LogP contribution in [-0.4, -0.2) is 59.6 Å². The Bertz CT molecular complexity index is 1080. The van der Waals surface area contributed by atoms with E-state index in [9.17, 15) is 8.42 Å². The lowest BCUT2D eigenvalue weighted by Gasteiger charge is -2.33. The second-order valence-electron chi connectivity index (χ2n) is 6.89. The number of aromatic nitrogens is 3. The highest BCUT2D eigenvalue weighted by Gasteiger charge is 2.27. The Morgan fingerprint density at radius 3 is 2.48 bits per heavy atom. The number of hydrogen-bond acceptors (Lipinski definition) is 8. The van der Waals surface area contributed by atoms with Crippen LogP contribution >= 0.6 is 22.7 Å². The molecule has 29 heavy (non-hydrogen) atoms. The van der Waals surface area contributed by atoms with Crippen LogP contribution < -0.4 is 4.90 Å². The summed E-state index contributed by atoms with van der Waals surface area (Å²) in [5.41, 5.74) is 3.90. The molecule has 3 aromatic rings. The van der Waals surface area contributed by atoms with Gasteiger partial charge in [0.2, 0.25) is 16.0 Å². The fourth-order valence-corrected chi connectivity index (χ4v) is 5.90. The Morgan fingerprint density at radius 1 is 1.14 bits per heavy atom. The van der Waals surface area contributed by atoms with E-state index in [1.165, 1.54) is 4.88 Å². The molecular formula is C19H23N5O2S3. The van der Waals surface area contributed by atoms with Gasteiger partial charge in [-0.1, -0.05) is 0 Å². The van der Waals surface area contributed by atoms with Gasteiger partial charge in [-0.05, 0) is 43.2 Å². The number of nitrogens with zero attached hydrogens (tertiary/aromatic N) is 5. The molecule has 0 unspecified atom stereocenters. The van der Waals surface area contributed by atoms with Crippen LogP contribution in [0.5, 0.6) is 0 Å². The number of aryl methyl sites for hydroxylation is 2. The minimum Gasteiger partial charge on any atom is -0.338 e. The normalized spacial score (nSPS) is 15.8. The summed E-state index contributed by atoms with van der Waals surface area (Å²) in [7, 11) is -3.16. The number of thiazole rings is 1. The molecule has 0 spiro atoms. The number of thiophene rings is 1. The first kappa shape index (κ1) is 20.4. The molecule has 1 saturated heterocycles. The van der Waals surface area contributed by atoms with Gasteiger partial charge in [0.15, 0.2) is 0 Å². The molecule has 7 nitrogen and oxygen atoms in total. The van der Waals surface area contributed by atoms with Crippen LogP contribution in [0.3, 0.4) is 0 Å². The van der Waals surface area contributed by atoms with Gasteiger partial charge in [0.05, 0.1) is 11.4 Å². The molecule has 0 aliphatic carbocycles. The number of anilines is 1. The molecule has 0 N–H and O–H groups in total. The first-order valence-corrected chi connectivity index (χ1v) is 12.8. The molecule has 1 aliphatic heterocycles. The molecule has 0 amide bonds. The fourth-order valence-electron chi connectivity index (χ4n) is 3.24. The van der Waals surface area contributed by atoms with Gasteiger partial charge in [-0.15, -0.1) is 11.3 Å². The summed E-state index contributed by atoms with van der Waals surface area (Å²) in [6, 6.07) is 2.06. The van der Waals surface area contributed by atoms with Crippen LogP contribution in [0.4, 0.5) is 5.95 Å². The molecule has 0 atom stereocenters. The van der Waals surface area contributed by atoms with E-state index in [0.29, 0.717) is 32.1 Å². The lowest BCUT2D eigenvalue weighted by atomic mass is 10.1. The van der Waals surface area contributed by atoms with Crippen LogP contribution in [0.1, 0.15) is 17.5 Å². The van der Waals surface area contributed by atoms with Crippen molar-refractivity contribution in [1.82, 2.24) is 19.3 Å². The minimum absolute atomic E-state index is 0.131. The fraction of sp³-hybridized carbons (Fsp3) is 0.421. The Balaban J connectivity index is 1.67. The van der Waals surface area contributed by atoms with Crippen molar-refractivity contribution in [3.63, 3.8) is 0 Å². The number of hydrogen-bond donors (Lipinski definition) is 0. The molecule has 4 rings (SSSR count). The highest BCUT2D eigenvalue weighted by atomic mass is 32.2. The average Bonchev–Trinajstić information content (AvgIpc) is 3.38. The first-order valence-electron chi connectivity index (χ1n) is 9.46. The monoisotopic (exact) mass is 449 g/mol. The van der Waals surface area contributed by atoms with Crippen molar-refractivity contribution in [2.45, 2.75) is 20.8 Å². The average molecular weight is 450 g/mol. The van der Waals surface area contributed by atoms with Crippen molar-refractivity contribution in [2.24, 2.45) is 0 Å². The summed E-state index contributed by atoms with van der Waals surface area (Å²) in [5, 5.41) is 5.01. The van der Waals surface area contributed by atoms with Crippen molar-refractivity contribution >= 4 is 38.6 Å². The maximum absolute atomic E-state index is 12.1. The van der Waals surface area contributed by atoms with Crippen molar-refractivity contribution in [1.29, 1.82) is 0 Å². The lowest BCUT2D eigenvalue weighted by Crippen LogP contribution is -2.49. The molecule has 0 saturated carbocycles. The molecule has 4 heterocycles. The third kappa shape index (κ3) is 4.07. The molecule has 10 heteroatoms. The van der Waals surface area contributed by atoms with E-state index in [2.05, 4.69) is 28.3 Å². The summed E-state index contributed by atoms with van der Waals surface area (Å²) >= 11 is 3.28. The smallest absolute Gasteiger partial charge is 0.226 e. The molecule has 1 aliphatic rings. The molecule has 3 aromatic heterocycles. The second-order valence-corrected chi connectivity index (χ2v) is 11.1. The predicted octanol–water partition coefficient (Wildman–Crippen LogP) is 3.42. The highest BCUT2D eigenvalue weighted by molar-refractivity contribution is 7.89. The zero-order valence-corrected chi connectivity index (χ0v) is 19.1. The van der Waals surface area contributed by atoms with Crippen molar-refractivity contribution in [3.8, 4) is 21.8 Å². The van der Waals surface area contributed by atoms with Crippen LogP contribution in [0.15, 0.2) is 23.0 Å². The van der Waals surface area contributed by atoms with Gasteiger partial charge in [0, 0.05) is 42.8 Å². The van der Waals surface area contributed by atoms with Gasteiger partial charge >= 0.3 is 0 Å². The maximum Gasteiger partial charge on any atom is 0.226 e. The van der Waals surface area contributed by atoms with Gasteiger partial charge in [0.25, 0.3) is 0 Å². The van der Waals surface area contributed by atoms with E-state index in [-0.39, 0.29) is 5.75 Å². The molecule has 0 aromatic carbocycles. The number of piperazine rings is 1. The third-order valence-corrected chi connectivity index (χ3v) is 8.76. The SMILES string of the molecule is CCS(=O)(=O)N1CCN(c2ncc(-c3ccsc3)c(-c3nc(C)c(C)s3)n2)CC1. The topological polar surface area (TPSA) is 79.3 Å². The second kappa shape index (κ2) is 8.10. The molecule has 1 fully saturated rings. The van der Waals surface area contributed by atoms with Crippen LogP contribution in [0.2, 0.25) is 0 Å². The standard InChI is InChI=1S/C19H23N5O2S3/c1-4-29(25,26)24-8-6-23(7-9-24)19-20-11-16(15-5-10-27-12-15)17(22-19)18-21-13(2)14(3)28-18/h5,10-12H,4,6-9H2,1-3H3. The first-order chi connectivity index (χ1) is 13.9. The predicted molar refractivity (Wildman–Crippen MR) is 119 cm³/mol. The van der Waals surface area contributed by atoms with E-state index in [0.717, 1.165) is 27.5 Å². The summed E-state index contributed by atoms with van der Waals surface area (Å²) in [6.07, 6.45) is 1.86. The summed E-state index contributed by atoms with van der Waals surface area (Å²) in [4.78, 5) is 17.4. The van der Waals surface area contributed by atoms with Crippen molar-refractivity contribution in [3.05, 3.63) is 33.6 Å². The Hall–Kier alpha value is -1.88. The number of rotatable bonds is 5. The zero-order chi connectivity index (χ0) is 20.6. The molecule has 154 valence electrons. The summed E-state index contributed by atoms with van der Waals surface area (Å²) < 4.78 is 25.8. The van der Waals surface area contributed by atoms with E-state index < -0.39 is 10.0 Å². The van der Waals surface area contributed by atoms with Crippen LogP contribution in [0, 0.1) is 13.8 Å². The van der Waals surface area contributed by atoms with Gasteiger partial charge in [0.1, 0.15) is 10.7 Å². The molecule has 0 bridgehead atoms. The maximum atomic E-state index is 12.1. The Labute approximate surface area is 179 Å². The van der Waals surface area contributed by atoms with E-state index in [1.54, 1.807) is 33.9 Å². The van der Waals surface area contributed by atoms with Gasteiger partial charge in [-0.25, -0.2) is 23.4 Å². The van der Waals surface area contributed by atoms with E-state index in [1.807, 2.05) is 18.5 Å². The quantitative estimate of drug-likeness (QED) is 0.594. The van der Waals surface area contributed by atoms with Gasteiger partial charge < -0.3 is 4.90 Å². The third-order valence-electron chi connectivity index (χ3n) is 5.12. The molecule has 0 radical (unpaired) electrons.